The summed E-state index contributed by atoms with van der Waals surface area (Å²) >= 11 is 1.33. The van der Waals surface area contributed by atoms with Gasteiger partial charge in [0.15, 0.2) is 5.78 Å². The highest BCUT2D eigenvalue weighted by atomic mass is 32.2. The third kappa shape index (κ3) is 4.95. The second-order valence-corrected chi connectivity index (χ2v) is 10.1. The van der Waals surface area contributed by atoms with Crippen LogP contribution in [-0.4, -0.2) is 40.4 Å². The lowest BCUT2D eigenvalue weighted by molar-refractivity contribution is -0.121. The van der Waals surface area contributed by atoms with Crippen LogP contribution in [0.25, 0.3) is 0 Å². The number of hydrogen-bond acceptors (Lipinski definition) is 5. The second-order valence-electron chi connectivity index (χ2n) is 8.89. The maximum Gasteiger partial charge on any atom is 0.200 e. The average molecular weight is 481 g/mol. The van der Waals surface area contributed by atoms with Gasteiger partial charge < -0.3 is 0 Å². The van der Waals surface area contributed by atoms with Crippen molar-refractivity contribution in [3.63, 3.8) is 0 Å². The van der Waals surface area contributed by atoms with E-state index in [4.69, 9.17) is 0 Å². The average Bonchev–Trinajstić information content (AvgIpc) is 3.14. The van der Waals surface area contributed by atoms with Crippen LogP contribution in [0.5, 0.6) is 0 Å². The number of halogens is 2. The number of hydrogen-bond donors (Lipinski definition) is 0. The van der Waals surface area contributed by atoms with Gasteiger partial charge in [0.1, 0.15) is 16.7 Å². The summed E-state index contributed by atoms with van der Waals surface area (Å²) in [5.74, 6) is -2.17. The Kier molecular flexibility index (Phi) is 7.24. The zero-order valence-corrected chi connectivity index (χ0v) is 20.2. The van der Waals surface area contributed by atoms with E-state index in [0.717, 1.165) is 11.1 Å². The van der Waals surface area contributed by atoms with E-state index >= 15 is 0 Å². The van der Waals surface area contributed by atoms with Gasteiger partial charge in [0.2, 0.25) is 5.78 Å². The van der Waals surface area contributed by atoms with Crippen LogP contribution in [0.1, 0.15) is 25.0 Å². The Morgan fingerprint density at radius 1 is 1.06 bits per heavy atom. The molecule has 0 N–H and O–H groups in total. The number of likely N-dealkylation sites (N-methyl/N-ethyl adjacent to an activating group) is 1. The van der Waals surface area contributed by atoms with Gasteiger partial charge in [-0.15, -0.1) is 0 Å². The molecular weight excluding hydrogens is 454 g/mol. The quantitative estimate of drug-likeness (QED) is 0.491. The van der Waals surface area contributed by atoms with E-state index in [-0.39, 0.29) is 40.3 Å². The third-order valence-corrected chi connectivity index (χ3v) is 7.21. The monoisotopic (exact) mass is 480 g/mol. The summed E-state index contributed by atoms with van der Waals surface area (Å²) in [6.45, 7) is 4.53. The molecule has 0 aromatic heterocycles. The zero-order valence-electron chi connectivity index (χ0n) is 19.3. The standard InChI is InChI=1S/C27H26F2N2O2S/c1-16(2)25(32)19-13-30-27-24(26(19)33)20(15-31(3)14-17-8-5-4-6-9-17)23(34-27)12-18-21(28)10-7-11-22(18)29/h4-11,13,16,23H,12,14-15H2,1-3H3. The number of carbonyl (C=O) groups excluding carboxylic acids is 2. The number of rotatable bonds is 8. The number of ketones is 2. The van der Waals surface area contributed by atoms with E-state index < -0.39 is 11.6 Å². The molecule has 0 saturated heterocycles. The predicted molar refractivity (Wildman–Crippen MR) is 132 cm³/mol. The van der Waals surface area contributed by atoms with Gasteiger partial charge in [-0.1, -0.05) is 62.0 Å². The Morgan fingerprint density at radius 2 is 1.74 bits per heavy atom. The van der Waals surface area contributed by atoms with Crippen molar-refractivity contribution in [2.75, 3.05) is 13.6 Å². The maximum absolute atomic E-state index is 14.5. The Bertz CT molecular complexity index is 1200. The van der Waals surface area contributed by atoms with Crippen molar-refractivity contribution < 1.29 is 18.4 Å². The summed E-state index contributed by atoms with van der Waals surface area (Å²) in [6, 6.07) is 13.7. The molecule has 7 heteroatoms. The van der Waals surface area contributed by atoms with Gasteiger partial charge >= 0.3 is 0 Å². The number of thioether (sulfide) groups is 1. The topological polar surface area (TPSA) is 49.7 Å². The van der Waals surface area contributed by atoms with Crippen molar-refractivity contribution in [1.82, 2.24) is 4.90 Å². The Labute approximate surface area is 202 Å². The summed E-state index contributed by atoms with van der Waals surface area (Å²) in [5, 5.41) is 0.138. The van der Waals surface area contributed by atoms with E-state index in [2.05, 4.69) is 9.89 Å². The van der Waals surface area contributed by atoms with Gasteiger partial charge in [0, 0.05) is 36.0 Å². The third-order valence-electron chi connectivity index (χ3n) is 5.94. The first kappa shape index (κ1) is 24.2. The van der Waals surface area contributed by atoms with Gasteiger partial charge in [-0.05, 0) is 36.7 Å². The van der Waals surface area contributed by atoms with Crippen molar-refractivity contribution in [2.24, 2.45) is 10.9 Å². The smallest absolute Gasteiger partial charge is 0.200 e. The number of aliphatic imine (C=N–C) groups is 1. The molecule has 4 nitrogen and oxygen atoms in total. The Balaban J connectivity index is 1.70. The Morgan fingerprint density at radius 3 is 2.38 bits per heavy atom. The maximum atomic E-state index is 14.5. The number of allylic oxidation sites excluding steroid dienone is 1. The molecule has 0 spiro atoms. The molecule has 0 saturated carbocycles. The van der Waals surface area contributed by atoms with Gasteiger partial charge in [0.05, 0.1) is 11.1 Å². The number of nitrogens with zero attached hydrogens (tertiary/aromatic N) is 2. The molecule has 0 aliphatic carbocycles. The van der Waals surface area contributed by atoms with E-state index in [1.807, 2.05) is 37.4 Å². The van der Waals surface area contributed by atoms with Gasteiger partial charge in [-0.2, -0.15) is 0 Å². The molecule has 2 aliphatic heterocycles. The second kappa shape index (κ2) is 10.2. The predicted octanol–water partition coefficient (Wildman–Crippen LogP) is 5.14. The molecule has 1 unspecified atom stereocenters. The SMILES string of the molecule is CC(C)C(=O)C1=CN=C2SC(Cc3c(F)cccc3F)C(CN(C)Cc3ccccc3)=C2C1=O. The minimum atomic E-state index is -0.612. The van der Waals surface area contributed by atoms with Gasteiger partial charge in [-0.25, -0.2) is 13.8 Å². The van der Waals surface area contributed by atoms with Crippen molar-refractivity contribution in [1.29, 1.82) is 0 Å². The van der Waals surface area contributed by atoms with Crippen molar-refractivity contribution in [2.45, 2.75) is 32.1 Å². The molecule has 2 aromatic rings. The number of carbonyl (C=O) groups is 2. The van der Waals surface area contributed by atoms with Crippen LogP contribution in [0.3, 0.4) is 0 Å². The van der Waals surface area contributed by atoms with Crippen LogP contribution in [-0.2, 0) is 22.6 Å². The number of fused-ring (bicyclic) bond motifs is 1. The molecule has 2 aromatic carbocycles. The van der Waals surface area contributed by atoms with Crippen LogP contribution in [0.2, 0.25) is 0 Å². The van der Waals surface area contributed by atoms with Crippen LogP contribution in [0, 0.1) is 17.6 Å². The molecule has 0 bridgehead atoms. The minimum absolute atomic E-state index is 0.0121. The lowest BCUT2D eigenvalue weighted by Crippen LogP contribution is -2.28. The Hall–Kier alpha value is -2.90. The molecule has 0 fully saturated rings. The molecule has 34 heavy (non-hydrogen) atoms. The number of benzene rings is 2. The van der Waals surface area contributed by atoms with Gasteiger partial charge in [-0.3, -0.25) is 14.5 Å². The van der Waals surface area contributed by atoms with E-state index in [1.54, 1.807) is 13.8 Å². The van der Waals surface area contributed by atoms with Crippen molar-refractivity contribution in [3.8, 4) is 0 Å². The lowest BCUT2D eigenvalue weighted by Gasteiger charge is -2.22. The highest BCUT2D eigenvalue weighted by molar-refractivity contribution is 8.15. The van der Waals surface area contributed by atoms with Crippen LogP contribution < -0.4 is 0 Å². The zero-order chi connectivity index (χ0) is 24.4. The highest BCUT2D eigenvalue weighted by Gasteiger charge is 2.40. The lowest BCUT2D eigenvalue weighted by atomic mass is 9.89. The fraction of sp³-hybridized carbons (Fsp3) is 0.296. The van der Waals surface area contributed by atoms with Gasteiger partial charge in [0.25, 0.3) is 0 Å². The number of Topliss-reactive ketones (excluding diaryl/α,β-unsaturated/α-hetero) is 2. The summed E-state index contributed by atoms with van der Waals surface area (Å²) in [5.41, 5.74) is 2.31. The summed E-state index contributed by atoms with van der Waals surface area (Å²) in [7, 11) is 1.93. The molecule has 0 amide bonds. The fourth-order valence-electron chi connectivity index (χ4n) is 4.20. The molecule has 0 radical (unpaired) electrons. The minimum Gasteiger partial charge on any atom is -0.298 e. The van der Waals surface area contributed by atoms with E-state index in [9.17, 15) is 18.4 Å². The van der Waals surface area contributed by atoms with Crippen LogP contribution in [0.15, 0.2) is 76.4 Å². The molecule has 4 rings (SSSR count). The first-order valence-corrected chi connectivity index (χ1v) is 12.1. The molecule has 1 atom stereocenters. The van der Waals surface area contributed by atoms with Crippen LogP contribution >= 0.6 is 11.8 Å². The van der Waals surface area contributed by atoms with Crippen LogP contribution in [0.4, 0.5) is 8.78 Å². The summed E-state index contributed by atoms with van der Waals surface area (Å²) < 4.78 is 28.9. The molecular formula is C27H26F2N2O2S. The van der Waals surface area contributed by atoms with Crippen molar-refractivity contribution in [3.05, 3.63) is 94.2 Å². The molecule has 2 heterocycles. The normalized spacial score (nSPS) is 17.9. The first-order valence-electron chi connectivity index (χ1n) is 11.2. The van der Waals surface area contributed by atoms with E-state index in [1.165, 1.54) is 36.2 Å². The summed E-state index contributed by atoms with van der Waals surface area (Å²) in [6.07, 6.45) is 1.43. The fourth-order valence-corrected chi connectivity index (χ4v) is 5.51. The molecule has 176 valence electrons. The summed E-state index contributed by atoms with van der Waals surface area (Å²) in [4.78, 5) is 32.5. The molecule has 2 aliphatic rings. The van der Waals surface area contributed by atoms with E-state index in [0.29, 0.717) is 23.7 Å². The first-order chi connectivity index (χ1) is 16.3. The highest BCUT2D eigenvalue weighted by Crippen LogP contribution is 2.41. The largest absolute Gasteiger partial charge is 0.298 e. The van der Waals surface area contributed by atoms with Crippen molar-refractivity contribution >= 4 is 28.4 Å².